The van der Waals surface area contributed by atoms with Crippen molar-refractivity contribution in [2.75, 3.05) is 71.1 Å². The first kappa shape index (κ1) is 34.4. The molecule has 3 fully saturated rings. The van der Waals surface area contributed by atoms with Gasteiger partial charge in [0.2, 0.25) is 0 Å². The number of hydrogen-bond acceptors (Lipinski definition) is 8. The summed E-state index contributed by atoms with van der Waals surface area (Å²) >= 11 is 0. The van der Waals surface area contributed by atoms with Gasteiger partial charge in [0.05, 0.1) is 36.5 Å². The fourth-order valence-electron chi connectivity index (χ4n) is 6.43. The van der Waals surface area contributed by atoms with Gasteiger partial charge in [-0.25, -0.2) is 10.0 Å². The molecular weight excluding hydrogens is 614 g/mol. The van der Waals surface area contributed by atoms with Crippen LogP contribution in [-0.2, 0) is 17.5 Å². The monoisotopic (exact) mass is 661 g/mol. The van der Waals surface area contributed by atoms with E-state index in [1.165, 1.54) is 12.1 Å². The highest BCUT2D eigenvalue weighted by Crippen LogP contribution is 2.58. The number of benzene rings is 1. The molecule has 0 bridgehead atoms. The Morgan fingerprint density at radius 3 is 2.61 bits per heavy atom. The number of halogens is 3. The van der Waals surface area contributed by atoms with Crippen molar-refractivity contribution in [1.82, 2.24) is 19.7 Å². The molecule has 1 spiro atoms. The third-order valence-electron chi connectivity index (χ3n) is 9.39. The number of alkyl halides is 3. The summed E-state index contributed by atoms with van der Waals surface area (Å²) in [7, 11) is 2.85. The molecule has 252 valence electrons. The lowest BCUT2D eigenvalue weighted by Crippen LogP contribution is -2.42. The Morgan fingerprint density at radius 2 is 1.98 bits per heavy atom. The van der Waals surface area contributed by atoms with Gasteiger partial charge in [0.1, 0.15) is 5.82 Å². The van der Waals surface area contributed by atoms with E-state index in [1.54, 1.807) is 17.4 Å². The van der Waals surface area contributed by atoms with Gasteiger partial charge in [-0.2, -0.15) is 13.2 Å². The molecule has 4 aliphatic heterocycles. The molecule has 1 aromatic carbocycles. The van der Waals surface area contributed by atoms with Crippen LogP contribution in [-0.4, -0.2) is 103 Å². The van der Waals surface area contributed by atoms with Gasteiger partial charge in [-0.05, 0) is 67.7 Å². The summed E-state index contributed by atoms with van der Waals surface area (Å²) in [6.07, 6.45) is 2.36. The topological polar surface area (TPSA) is 79.2 Å². The van der Waals surface area contributed by atoms with Crippen LogP contribution in [0.5, 0.6) is 0 Å². The van der Waals surface area contributed by atoms with Crippen LogP contribution in [0.1, 0.15) is 44.7 Å². The van der Waals surface area contributed by atoms with Crippen molar-refractivity contribution in [3.8, 4) is 0 Å². The Hall–Kier alpha value is -2.92. The van der Waals surface area contributed by atoms with Crippen LogP contribution in [0.2, 0.25) is 0 Å². The molecule has 0 saturated carbocycles. The first-order chi connectivity index (χ1) is 21.8. The van der Waals surface area contributed by atoms with Crippen LogP contribution in [0, 0.1) is 11.3 Å². The van der Waals surface area contributed by atoms with Crippen LogP contribution >= 0.6 is 8.15 Å². The quantitative estimate of drug-likeness (QED) is 0.193. The molecule has 0 aliphatic carbocycles. The summed E-state index contributed by atoms with van der Waals surface area (Å²) in [5.41, 5.74) is 2.04. The molecule has 4 heterocycles. The maximum Gasteiger partial charge on any atom is 0.416 e. The minimum atomic E-state index is -4.52. The lowest BCUT2D eigenvalue weighted by atomic mass is 9.91. The number of amidine groups is 1. The molecule has 0 aromatic heterocycles. The third kappa shape index (κ3) is 7.62. The Bertz CT molecular complexity index is 1410. The second kappa shape index (κ2) is 14.1. The maximum absolute atomic E-state index is 14.6. The molecule has 0 radical (unpaired) electrons. The highest BCUT2D eigenvalue weighted by atomic mass is 31.1. The first-order valence-corrected chi connectivity index (χ1v) is 17.6. The zero-order chi connectivity index (χ0) is 33.2. The fourth-order valence-corrected chi connectivity index (χ4v) is 8.40. The van der Waals surface area contributed by atoms with E-state index < -0.39 is 19.9 Å². The smallest absolute Gasteiger partial charge is 0.378 e. The minimum Gasteiger partial charge on any atom is -0.378 e. The maximum atomic E-state index is 14.6. The van der Waals surface area contributed by atoms with Gasteiger partial charge < -0.3 is 24.7 Å². The van der Waals surface area contributed by atoms with Crippen molar-refractivity contribution in [1.29, 1.82) is 0 Å². The van der Waals surface area contributed by atoms with E-state index in [4.69, 9.17) is 14.8 Å². The first-order valence-electron chi connectivity index (χ1n) is 16.0. The van der Waals surface area contributed by atoms with Crippen molar-refractivity contribution in [3.05, 3.63) is 64.8 Å². The highest BCUT2D eigenvalue weighted by molar-refractivity contribution is 7.53. The Kier molecular flexibility index (Phi) is 10.5. The van der Waals surface area contributed by atoms with Gasteiger partial charge >= 0.3 is 6.18 Å². The van der Waals surface area contributed by atoms with E-state index in [0.717, 1.165) is 30.7 Å². The summed E-state index contributed by atoms with van der Waals surface area (Å²) in [5, 5.41) is 10.2. The largest absolute Gasteiger partial charge is 0.416 e. The van der Waals surface area contributed by atoms with E-state index in [-0.39, 0.29) is 23.4 Å². The Labute approximate surface area is 272 Å². The summed E-state index contributed by atoms with van der Waals surface area (Å²) in [6, 6.07) is 4.34. The van der Waals surface area contributed by atoms with Crippen LogP contribution < -0.4 is 5.32 Å². The average molecular weight is 662 g/mol. The second-order valence-electron chi connectivity index (χ2n) is 13.1. The van der Waals surface area contributed by atoms with Crippen LogP contribution in [0.4, 0.5) is 18.9 Å². The number of allylic oxidation sites excluding steroid dienone is 1. The predicted octanol–water partition coefficient (Wildman–Crippen LogP) is 5.94. The highest BCUT2D eigenvalue weighted by Gasteiger charge is 2.48. The van der Waals surface area contributed by atoms with Crippen molar-refractivity contribution >= 4 is 26.0 Å². The van der Waals surface area contributed by atoms with Crippen molar-refractivity contribution < 1.29 is 22.8 Å². The number of nitrogens with zero attached hydrogens (tertiary/aromatic N) is 6. The second-order valence-corrected chi connectivity index (χ2v) is 14.8. The lowest BCUT2D eigenvalue weighted by Gasteiger charge is -2.42. The van der Waals surface area contributed by atoms with Crippen molar-refractivity contribution in [3.63, 3.8) is 0 Å². The SMILES string of the molecule is C=C1C(/N=C/N(C)C)=CC(N2CCOCC2)=NN1/C(Nc1cccc(C(F)(F)F)c1CN1CCC2(C1)CP(O)C2)=C(/C)C(C)CC. The summed E-state index contributed by atoms with van der Waals surface area (Å²) in [5.74, 6) is 1.37. The standard InChI is InChI=1S/C33H47F3N7O2P/c1-7-23(2)24(3)31(43-25(4)29(37-22-40(5)6)17-30(39-43)42-13-15-45-16-14-42)38-28-10-8-9-27(33(34,35)36)26(28)18-41-12-11-32(19-41)20-46(44)21-32/h8-10,17,22-23,38,44H,4,7,11-16,18-21H2,1-3,5-6H3/b31-24-,37-22+. The molecule has 46 heavy (non-hydrogen) atoms. The molecular formula is C33H47F3N7O2P. The summed E-state index contributed by atoms with van der Waals surface area (Å²) in [4.78, 5) is 20.8. The van der Waals surface area contributed by atoms with Gasteiger partial charge in [0, 0.05) is 65.7 Å². The fraction of sp³-hybridized carbons (Fsp3) is 0.576. The third-order valence-corrected chi connectivity index (χ3v) is 11.5. The van der Waals surface area contributed by atoms with Gasteiger partial charge in [-0.1, -0.05) is 26.5 Å². The van der Waals surface area contributed by atoms with Crippen molar-refractivity contribution in [2.45, 2.75) is 46.3 Å². The predicted molar refractivity (Wildman–Crippen MR) is 179 cm³/mol. The number of ether oxygens (including phenoxy) is 1. The summed E-state index contributed by atoms with van der Waals surface area (Å²) < 4.78 is 49.3. The molecule has 13 heteroatoms. The van der Waals surface area contributed by atoms with Gasteiger partial charge in [0.15, 0.2) is 5.84 Å². The lowest BCUT2D eigenvalue weighted by molar-refractivity contribution is -0.138. The number of hydrazone groups is 1. The van der Waals surface area contributed by atoms with E-state index in [0.29, 0.717) is 68.1 Å². The van der Waals surface area contributed by atoms with Crippen LogP contribution in [0.15, 0.2) is 63.7 Å². The van der Waals surface area contributed by atoms with E-state index in [2.05, 4.69) is 35.5 Å². The molecule has 4 aliphatic rings. The molecule has 1 atom stereocenters. The number of hydrogen-bond donors (Lipinski definition) is 2. The van der Waals surface area contributed by atoms with Gasteiger partial charge in [0.25, 0.3) is 0 Å². The number of anilines is 1. The van der Waals surface area contributed by atoms with E-state index >= 15 is 0 Å². The van der Waals surface area contributed by atoms with E-state index in [1.807, 2.05) is 32.0 Å². The molecule has 1 aromatic rings. The molecule has 9 nitrogen and oxygen atoms in total. The van der Waals surface area contributed by atoms with Crippen molar-refractivity contribution in [2.24, 2.45) is 21.4 Å². The number of likely N-dealkylation sites (tertiary alicyclic amines) is 1. The number of rotatable bonds is 9. The Balaban J connectivity index is 1.56. The average Bonchev–Trinajstić information content (AvgIpc) is 3.42. The molecule has 3 saturated heterocycles. The van der Waals surface area contributed by atoms with Gasteiger partial charge in [-0.15, -0.1) is 5.10 Å². The van der Waals surface area contributed by atoms with Crippen LogP contribution in [0.25, 0.3) is 0 Å². The zero-order valence-electron chi connectivity index (χ0n) is 27.6. The minimum absolute atomic E-state index is 0.0331. The molecule has 5 rings (SSSR count). The normalized spacial score (nSPS) is 25.4. The van der Waals surface area contributed by atoms with E-state index in [9.17, 15) is 18.1 Å². The molecule has 2 N–H and O–H groups in total. The number of aliphatic imine (C=N–C) groups is 1. The molecule has 0 amide bonds. The zero-order valence-corrected chi connectivity index (χ0v) is 28.5. The molecule has 1 unspecified atom stereocenters. The number of nitrogens with one attached hydrogen (secondary N) is 1. The number of morpholine rings is 1. The summed E-state index contributed by atoms with van der Waals surface area (Å²) in [6.45, 7) is 14.6. The van der Waals surface area contributed by atoms with Gasteiger partial charge in [-0.3, -0.25) is 4.90 Å². The Morgan fingerprint density at radius 1 is 1.26 bits per heavy atom. The van der Waals surface area contributed by atoms with Crippen LogP contribution in [0.3, 0.4) is 0 Å².